The molecule has 7 aromatic carbocycles. The molecule has 0 fully saturated rings. The van der Waals surface area contributed by atoms with E-state index in [-0.39, 0.29) is 0 Å². The number of hydrogen-bond donors (Lipinski definition) is 0. The van der Waals surface area contributed by atoms with Crippen molar-refractivity contribution in [1.82, 2.24) is 0 Å². The molecule has 2 bridgehead atoms. The fourth-order valence-electron chi connectivity index (χ4n) is 9.08. The second-order valence-corrected chi connectivity index (χ2v) is 14.6. The summed E-state index contributed by atoms with van der Waals surface area (Å²) in [6.07, 6.45) is 23.6. The summed E-state index contributed by atoms with van der Waals surface area (Å²) in [6, 6.07) is 47.2. The Hall–Kier alpha value is -6.46. The summed E-state index contributed by atoms with van der Waals surface area (Å²) >= 11 is 0. The van der Waals surface area contributed by atoms with E-state index in [1.807, 2.05) is 6.08 Å². The van der Waals surface area contributed by atoms with E-state index >= 15 is 0 Å². The second kappa shape index (κ2) is 13.5. The molecule has 0 saturated heterocycles. The van der Waals surface area contributed by atoms with Crippen molar-refractivity contribution in [3.63, 3.8) is 0 Å². The lowest BCUT2D eigenvalue weighted by atomic mass is 9.81. The SMILES string of the molecule is CC/C=C(\C=C/Cc1c2c(c(-c3ccccc3-c3cccc4c3-c3cc(c3)-c3ccccc3-4)c3ccccc13)C=CC=C=C2)C1C=c2ccccc2=CC1. The molecular formula is C54H40. The maximum absolute atomic E-state index is 3.49. The Balaban J connectivity index is 1.12. The van der Waals surface area contributed by atoms with Crippen LogP contribution in [-0.2, 0) is 6.42 Å². The Bertz CT molecular complexity index is 2890. The number of rotatable bonds is 7. The van der Waals surface area contributed by atoms with E-state index < -0.39 is 0 Å². The summed E-state index contributed by atoms with van der Waals surface area (Å²) in [5, 5.41) is 5.25. The molecule has 4 aliphatic carbocycles. The van der Waals surface area contributed by atoms with Crippen molar-refractivity contribution >= 4 is 35.1 Å². The minimum atomic E-state index is 0.383. The van der Waals surface area contributed by atoms with Gasteiger partial charge in [0.15, 0.2) is 0 Å². The van der Waals surface area contributed by atoms with Crippen LogP contribution < -0.4 is 10.4 Å². The van der Waals surface area contributed by atoms with Gasteiger partial charge >= 0.3 is 0 Å². The predicted molar refractivity (Wildman–Crippen MR) is 231 cm³/mol. The molecule has 1 unspecified atom stereocenters. The normalized spacial score (nSPS) is 15.2. The van der Waals surface area contributed by atoms with Gasteiger partial charge in [0.25, 0.3) is 0 Å². The molecule has 0 amide bonds. The summed E-state index contributed by atoms with van der Waals surface area (Å²) in [7, 11) is 0. The maximum Gasteiger partial charge on any atom is 0.00587 e. The monoisotopic (exact) mass is 688 g/mol. The van der Waals surface area contributed by atoms with Crippen molar-refractivity contribution in [3.05, 3.63) is 196 Å². The third-order valence-corrected chi connectivity index (χ3v) is 11.5. The highest BCUT2D eigenvalue weighted by molar-refractivity contribution is 6.11. The minimum Gasteiger partial charge on any atom is -0.120 e. The minimum absolute atomic E-state index is 0.383. The first-order valence-corrected chi connectivity index (χ1v) is 19.3. The van der Waals surface area contributed by atoms with Crippen LogP contribution in [0, 0.1) is 5.92 Å². The third-order valence-electron chi connectivity index (χ3n) is 11.5. The fourth-order valence-corrected chi connectivity index (χ4v) is 9.08. The summed E-state index contributed by atoms with van der Waals surface area (Å²) < 4.78 is 0. The smallest absolute Gasteiger partial charge is 0.00587 e. The van der Waals surface area contributed by atoms with Gasteiger partial charge < -0.3 is 0 Å². The van der Waals surface area contributed by atoms with Crippen LogP contribution in [0.1, 0.15) is 36.5 Å². The highest BCUT2D eigenvalue weighted by Crippen LogP contribution is 2.52. The molecule has 54 heavy (non-hydrogen) atoms. The van der Waals surface area contributed by atoms with Gasteiger partial charge in [-0.25, -0.2) is 0 Å². The zero-order chi connectivity index (χ0) is 36.0. The fraction of sp³-hybridized carbons (Fsp3) is 0.0926. The lowest BCUT2D eigenvalue weighted by Crippen LogP contribution is -2.28. The van der Waals surface area contributed by atoms with Crippen molar-refractivity contribution in [3.8, 4) is 55.6 Å². The predicted octanol–water partition coefficient (Wildman–Crippen LogP) is 12.8. The average Bonchev–Trinajstić information content (AvgIpc) is 3.59. The Morgan fingerprint density at radius 3 is 2.11 bits per heavy atom. The topological polar surface area (TPSA) is 0 Å². The van der Waals surface area contributed by atoms with Gasteiger partial charge in [0.2, 0.25) is 0 Å². The van der Waals surface area contributed by atoms with Crippen LogP contribution in [0.4, 0.5) is 0 Å². The zero-order valence-corrected chi connectivity index (χ0v) is 30.5. The van der Waals surface area contributed by atoms with Crippen LogP contribution in [-0.4, -0.2) is 0 Å². The molecule has 0 radical (unpaired) electrons. The number of hydrogen-bond acceptors (Lipinski definition) is 0. The van der Waals surface area contributed by atoms with Crippen molar-refractivity contribution < 1.29 is 0 Å². The molecule has 0 spiro atoms. The molecule has 1 atom stereocenters. The standard InChI is InChI=1S/C54H40/c1-2-16-36(39-32-31-37-17-6-7-18-38(37)33-39)19-14-28-44-45-21-4-3-5-25-50(45)54(51-26-12-10-23-46(44)51)52-27-13-11-24-47(52)49-30-15-29-48-43-22-9-8-20-42(43)40-34-41(35-40)53(48)49/h3,5-27,29-31,33-35,39H,2,28,32H2,1H3/b19-14-,36-16+. The molecule has 0 aliphatic heterocycles. The third kappa shape index (κ3) is 5.38. The van der Waals surface area contributed by atoms with Gasteiger partial charge in [-0.3, -0.25) is 0 Å². The van der Waals surface area contributed by atoms with Gasteiger partial charge in [0.1, 0.15) is 0 Å². The van der Waals surface area contributed by atoms with E-state index in [9.17, 15) is 0 Å². The summed E-state index contributed by atoms with van der Waals surface area (Å²) in [6.45, 7) is 2.24. The number of benzene rings is 6. The van der Waals surface area contributed by atoms with E-state index in [0.717, 1.165) is 19.3 Å². The molecule has 256 valence electrons. The van der Waals surface area contributed by atoms with Crippen LogP contribution >= 0.6 is 0 Å². The van der Waals surface area contributed by atoms with Gasteiger partial charge in [-0.1, -0.05) is 165 Å². The van der Waals surface area contributed by atoms with Crippen molar-refractivity contribution in [1.29, 1.82) is 0 Å². The Morgan fingerprint density at radius 2 is 1.31 bits per heavy atom. The molecule has 11 rings (SSSR count). The lowest BCUT2D eigenvalue weighted by Gasteiger charge is -2.22. The molecule has 0 saturated carbocycles. The van der Waals surface area contributed by atoms with Gasteiger partial charge in [0, 0.05) is 5.92 Å². The first kappa shape index (κ1) is 32.2. The molecule has 0 N–H and O–H groups in total. The van der Waals surface area contributed by atoms with Gasteiger partial charge in [0.05, 0.1) is 0 Å². The first-order chi connectivity index (χ1) is 26.8. The van der Waals surface area contributed by atoms with Gasteiger partial charge in [-0.15, -0.1) is 5.73 Å². The summed E-state index contributed by atoms with van der Waals surface area (Å²) in [4.78, 5) is 0. The lowest BCUT2D eigenvalue weighted by molar-refractivity contribution is 0.844. The Labute approximate surface area is 317 Å². The van der Waals surface area contributed by atoms with Crippen LogP contribution in [0.25, 0.3) is 90.7 Å². The molecule has 4 aliphatic rings. The Morgan fingerprint density at radius 1 is 0.648 bits per heavy atom. The van der Waals surface area contributed by atoms with Crippen molar-refractivity contribution in [2.24, 2.45) is 5.92 Å². The zero-order valence-electron chi connectivity index (χ0n) is 30.5. The van der Waals surface area contributed by atoms with Gasteiger partial charge in [-0.05, 0) is 143 Å². The van der Waals surface area contributed by atoms with Crippen molar-refractivity contribution in [2.75, 3.05) is 0 Å². The highest BCUT2D eigenvalue weighted by atomic mass is 14.3. The van der Waals surface area contributed by atoms with E-state index in [0.29, 0.717) is 5.92 Å². The van der Waals surface area contributed by atoms with Gasteiger partial charge in [-0.2, -0.15) is 0 Å². The molecule has 0 heteroatoms. The molecule has 0 nitrogen and oxygen atoms in total. The van der Waals surface area contributed by atoms with Crippen LogP contribution in [0.15, 0.2) is 169 Å². The molecule has 0 aromatic heterocycles. The van der Waals surface area contributed by atoms with E-state index in [2.05, 4.69) is 189 Å². The average molecular weight is 689 g/mol. The summed E-state index contributed by atoms with van der Waals surface area (Å²) in [5.41, 5.74) is 21.6. The maximum atomic E-state index is 3.49. The van der Waals surface area contributed by atoms with E-state index in [4.69, 9.17) is 0 Å². The highest BCUT2D eigenvalue weighted by Gasteiger charge is 2.26. The van der Waals surface area contributed by atoms with E-state index in [1.54, 1.807) is 0 Å². The first-order valence-electron chi connectivity index (χ1n) is 19.3. The largest absolute Gasteiger partial charge is 0.120 e. The van der Waals surface area contributed by atoms with E-state index in [1.165, 1.54) is 99.1 Å². The van der Waals surface area contributed by atoms with Crippen LogP contribution in [0.2, 0.25) is 0 Å². The number of fused-ring (bicyclic) bond motifs is 3. The Kier molecular flexibility index (Phi) is 8.06. The molecule has 7 aromatic rings. The summed E-state index contributed by atoms with van der Waals surface area (Å²) in [5.74, 6) is 0.383. The molecular weight excluding hydrogens is 649 g/mol. The number of allylic oxidation sites excluding steroid dienone is 6. The molecule has 0 heterocycles. The second-order valence-electron chi connectivity index (χ2n) is 14.6. The van der Waals surface area contributed by atoms with Crippen LogP contribution in [0.5, 0.6) is 0 Å². The van der Waals surface area contributed by atoms with Crippen LogP contribution in [0.3, 0.4) is 0 Å². The van der Waals surface area contributed by atoms with Crippen molar-refractivity contribution in [2.45, 2.75) is 26.2 Å². The quantitative estimate of drug-likeness (QED) is 0.115.